The molecule has 0 radical (unpaired) electrons. The zero-order valence-corrected chi connectivity index (χ0v) is 13.6. The number of nitrogens with one attached hydrogen (secondary N) is 1. The van der Waals surface area contributed by atoms with Crippen molar-refractivity contribution in [3.63, 3.8) is 0 Å². The molecule has 2 aromatic rings. The van der Waals surface area contributed by atoms with Crippen LogP contribution >= 0.6 is 23.6 Å². The highest BCUT2D eigenvalue weighted by atomic mass is 32.1. The number of thiophene rings is 1. The van der Waals surface area contributed by atoms with Gasteiger partial charge in [-0.15, -0.1) is 11.3 Å². The molecule has 4 rings (SSSR count). The molecule has 1 saturated heterocycles. The van der Waals surface area contributed by atoms with E-state index in [1.54, 1.807) is 15.9 Å². The van der Waals surface area contributed by atoms with Crippen LogP contribution in [-0.2, 0) is 17.6 Å². The fourth-order valence-electron chi connectivity index (χ4n) is 3.61. The predicted octanol–water partition coefficient (Wildman–Crippen LogP) is 3.35. The Hall–Kier alpha value is -0.980. The maximum Gasteiger partial charge on any atom is 0.263 e. The number of aryl methyl sites for hydroxylation is 2. The van der Waals surface area contributed by atoms with Crippen LogP contribution in [0.3, 0.4) is 0 Å². The molecule has 0 saturated carbocycles. The summed E-state index contributed by atoms with van der Waals surface area (Å²) in [6.45, 7) is 2.72. The van der Waals surface area contributed by atoms with Crippen molar-refractivity contribution in [3.8, 4) is 0 Å². The smallest absolute Gasteiger partial charge is 0.263 e. The molecule has 2 aliphatic rings. The van der Waals surface area contributed by atoms with Crippen molar-refractivity contribution in [2.45, 2.75) is 51.2 Å². The summed E-state index contributed by atoms with van der Waals surface area (Å²) in [4.78, 5) is 18.7. The Bertz CT molecular complexity index is 817. The van der Waals surface area contributed by atoms with Gasteiger partial charge in [0.05, 0.1) is 17.5 Å². The number of hydrogen-bond donors (Lipinski definition) is 1. The van der Waals surface area contributed by atoms with E-state index in [0.717, 1.165) is 29.5 Å². The molecule has 0 bridgehead atoms. The largest absolute Gasteiger partial charge is 0.376 e. The van der Waals surface area contributed by atoms with Crippen LogP contribution in [0.25, 0.3) is 10.2 Å². The third-order valence-electron chi connectivity index (χ3n) is 4.71. The molecule has 6 heteroatoms. The summed E-state index contributed by atoms with van der Waals surface area (Å²) >= 11 is 7.17. The second-order valence-corrected chi connectivity index (χ2v) is 7.44. The molecular weight excluding hydrogens is 304 g/mol. The Kier molecular flexibility index (Phi) is 3.28. The van der Waals surface area contributed by atoms with Gasteiger partial charge in [0, 0.05) is 11.5 Å². The Morgan fingerprint density at radius 2 is 2.19 bits per heavy atom. The van der Waals surface area contributed by atoms with Crippen LogP contribution in [0.4, 0.5) is 0 Å². The van der Waals surface area contributed by atoms with Crippen LogP contribution in [0.15, 0.2) is 4.79 Å². The summed E-state index contributed by atoms with van der Waals surface area (Å²) in [5.74, 6) is 0. The van der Waals surface area contributed by atoms with E-state index in [4.69, 9.17) is 17.0 Å². The van der Waals surface area contributed by atoms with Crippen molar-refractivity contribution in [3.05, 3.63) is 25.6 Å². The van der Waals surface area contributed by atoms with Gasteiger partial charge in [0.15, 0.2) is 4.77 Å². The van der Waals surface area contributed by atoms with Crippen molar-refractivity contribution in [2.24, 2.45) is 0 Å². The SMILES string of the molecule is CC1OCCC1n1c(=S)[nH]c2sc3c(c2c1=O)CCCC3. The van der Waals surface area contributed by atoms with Gasteiger partial charge >= 0.3 is 0 Å². The molecule has 2 unspecified atom stereocenters. The number of aromatic nitrogens is 2. The average molecular weight is 322 g/mol. The van der Waals surface area contributed by atoms with Crippen molar-refractivity contribution < 1.29 is 4.74 Å². The van der Waals surface area contributed by atoms with Crippen molar-refractivity contribution in [1.29, 1.82) is 0 Å². The number of fused-ring (bicyclic) bond motifs is 3. The van der Waals surface area contributed by atoms with Gasteiger partial charge in [0.1, 0.15) is 4.83 Å². The topological polar surface area (TPSA) is 47.0 Å². The minimum absolute atomic E-state index is 0.0460. The summed E-state index contributed by atoms with van der Waals surface area (Å²) in [5.41, 5.74) is 1.34. The second kappa shape index (κ2) is 5.04. The van der Waals surface area contributed by atoms with E-state index in [-0.39, 0.29) is 17.7 Å². The zero-order valence-electron chi connectivity index (χ0n) is 12.0. The lowest BCUT2D eigenvalue weighted by Gasteiger charge is -2.18. The maximum atomic E-state index is 13.0. The standard InChI is InChI=1S/C15H18N2O2S2/c1-8-10(6-7-19-8)17-14(18)12-9-4-2-3-5-11(9)21-13(12)16-15(17)20/h8,10H,2-7H2,1H3,(H,16,20). The number of H-pyrrole nitrogens is 1. The number of nitrogens with zero attached hydrogens (tertiary/aromatic N) is 1. The molecule has 0 amide bonds. The molecule has 2 aromatic heterocycles. The molecule has 21 heavy (non-hydrogen) atoms. The van der Waals surface area contributed by atoms with Gasteiger partial charge in [-0.1, -0.05) is 0 Å². The Morgan fingerprint density at radius 3 is 2.95 bits per heavy atom. The number of aromatic amines is 1. The van der Waals surface area contributed by atoms with Crippen LogP contribution in [0.2, 0.25) is 0 Å². The number of rotatable bonds is 1. The highest BCUT2D eigenvalue weighted by Gasteiger charge is 2.29. The first-order valence-corrected chi connectivity index (χ1v) is 8.80. The molecule has 0 spiro atoms. The molecular formula is C15H18N2O2S2. The van der Waals surface area contributed by atoms with Gasteiger partial charge < -0.3 is 9.72 Å². The molecule has 0 aromatic carbocycles. The van der Waals surface area contributed by atoms with Gasteiger partial charge in [-0.25, -0.2) is 0 Å². The fraction of sp³-hybridized carbons (Fsp3) is 0.600. The van der Waals surface area contributed by atoms with E-state index in [2.05, 4.69) is 4.98 Å². The van der Waals surface area contributed by atoms with E-state index in [0.29, 0.717) is 11.4 Å². The summed E-state index contributed by atoms with van der Waals surface area (Å²) in [6.07, 6.45) is 5.42. The predicted molar refractivity (Wildman–Crippen MR) is 87.0 cm³/mol. The van der Waals surface area contributed by atoms with E-state index < -0.39 is 0 Å². The van der Waals surface area contributed by atoms with Crippen molar-refractivity contribution in [2.75, 3.05) is 6.61 Å². The summed E-state index contributed by atoms with van der Waals surface area (Å²) in [5, 5.41) is 0.877. The lowest BCUT2D eigenvalue weighted by atomic mass is 9.97. The van der Waals surface area contributed by atoms with Gasteiger partial charge in [0.25, 0.3) is 5.56 Å². The summed E-state index contributed by atoms with van der Waals surface area (Å²) in [6, 6.07) is 0.0600. The first-order valence-electron chi connectivity index (χ1n) is 7.57. The van der Waals surface area contributed by atoms with Crippen molar-refractivity contribution in [1.82, 2.24) is 9.55 Å². The summed E-state index contributed by atoms with van der Waals surface area (Å²) in [7, 11) is 0. The van der Waals surface area contributed by atoms with Gasteiger partial charge in [-0.2, -0.15) is 0 Å². The lowest BCUT2D eigenvalue weighted by Crippen LogP contribution is -2.30. The van der Waals surface area contributed by atoms with E-state index >= 15 is 0 Å². The first-order chi connectivity index (χ1) is 10.2. The molecule has 3 heterocycles. The molecule has 4 nitrogen and oxygen atoms in total. The highest BCUT2D eigenvalue weighted by molar-refractivity contribution is 7.71. The van der Waals surface area contributed by atoms with Crippen LogP contribution < -0.4 is 5.56 Å². The van der Waals surface area contributed by atoms with Crippen LogP contribution in [0.5, 0.6) is 0 Å². The van der Waals surface area contributed by atoms with Gasteiger partial charge in [-0.05, 0) is 56.8 Å². The third-order valence-corrected chi connectivity index (χ3v) is 6.22. The molecule has 1 N–H and O–H groups in total. The fourth-order valence-corrected chi connectivity index (χ4v) is 5.28. The van der Waals surface area contributed by atoms with E-state index in [1.165, 1.54) is 23.3 Å². The Morgan fingerprint density at radius 1 is 1.38 bits per heavy atom. The van der Waals surface area contributed by atoms with Crippen LogP contribution in [-0.4, -0.2) is 22.3 Å². The minimum atomic E-state index is 0.0460. The average Bonchev–Trinajstić information content (AvgIpc) is 3.02. The second-order valence-electron chi connectivity index (χ2n) is 5.95. The van der Waals surface area contributed by atoms with Crippen LogP contribution in [0.1, 0.15) is 42.7 Å². The molecule has 1 aliphatic heterocycles. The maximum absolute atomic E-state index is 13.0. The number of ether oxygens (including phenoxy) is 1. The molecule has 1 aliphatic carbocycles. The highest BCUT2D eigenvalue weighted by Crippen LogP contribution is 2.34. The Labute approximate surface area is 131 Å². The quantitative estimate of drug-likeness (QED) is 0.819. The molecule has 112 valence electrons. The zero-order chi connectivity index (χ0) is 14.6. The summed E-state index contributed by atoms with van der Waals surface area (Å²) < 4.78 is 7.92. The first kappa shape index (κ1) is 13.7. The minimum Gasteiger partial charge on any atom is -0.376 e. The van der Waals surface area contributed by atoms with Gasteiger partial charge in [-0.3, -0.25) is 9.36 Å². The van der Waals surface area contributed by atoms with Crippen LogP contribution in [0, 0.1) is 4.77 Å². The lowest BCUT2D eigenvalue weighted by molar-refractivity contribution is 0.106. The number of hydrogen-bond acceptors (Lipinski definition) is 4. The third kappa shape index (κ3) is 2.04. The van der Waals surface area contributed by atoms with Gasteiger partial charge in [0.2, 0.25) is 0 Å². The Balaban J connectivity index is 2.00. The monoisotopic (exact) mass is 322 g/mol. The molecule has 1 fully saturated rings. The van der Waals surface area contributed by atoms with E-state index in [9.17, 15) is 4.79 Å². The van der Waals surface area contributed by atoms with Crippen molar-refractivity contribution >= 4 is 33.8 Å². The van der Waals surface area contributed by atoms with E-state index in [1.807, 2.05) is 6.92 Å². The molecule has 2 atom stereocenters. The normalized spacial score (nSPS) is 25.4.